The second kappa shape index (κ2) is 14.7. The first kappa shape index (κ1) is 31.7. The third kappa shape index (κ3) is 8.58. The number of hydrogen-bond donors (Lipinski definition) is 2. The molecule has 0 radical (unpaired) electrons. The van der Waals surface area contributed by atoms with Gasteiger partial charge >= 0.3 is 0 Å². The third-order valence-electron chi connectivity index (χ3n) is 7.80. The van der Waals surface area contributed by atoms with Crippen molar-refractivity contribution in [3.05, 3.63) is 70.3 Å². The fourth-order valence-corrected chi connectivity index (χ4v) is 5.66. The number of amides is 2. The average Bonchev–Trinajstić information content (AvgIpc) is 2.90. The molecule has 0 bridgehead atoms. The van der Waals surface area contributed by atoms with E-state index >= 15 is 0 Å². The number of rotatable bonds is 12. The van der Waals surface area contributed by atoms with E-state index < -0.39 is 23.8 Å². The van der Waals surface area contributed by atoms with E-state index in [1.807, 2.05) is 31.7 Å². The number of nitrogens with zero attached hydrogens (tertiary/aromatic N) is 2. The van der Waals surface area contributed by atoms with Gasteiger partial charge in [-0.3, -0.25) is 9.59 Å². The lowest BCUT2D eigenvalue weighted by atomic mass is 9.86. The van der Waals surface area contributed by atoms with Crippen molar-refractivity contribution in [1.29, 1.82) is 0 Å². The lowest BCUT2D eigenvalue weighted by molar-refractivity contribution is 0.0379. The zero-order valence-electron chi connectivity index (χ0n) is 24.3. The number of aryl methyl sites for hydroxylation is 1. The number of carbonyl (C=O) groups is 2. The summed E-state index contributed by atoms with van der Waals surface area (Å²) in [5.74, 6) is -1.19. The smallest absolute Gasteiger partial charge is 0.254 e. The minimum absolute atomic E-state index is 0.00807. The number of benzene rings is 2. The molecule has 6 nitrogen and oxygen atoms in total. The van der Waals surface area contributed by atoms with Crippen LogP contribution in [-0.2, 0) is 6.42 Å². The standard InChI is InChI=1S/C32H45F2N3O3/c1-5-11-36(12-6-2)31(39)24-13-22(4)14-25(18-24)32(40)37(28-9-7-21(3)8-10-28)20-30(38)29(35)17-23-15-26(33)19-27(34)16-23/h13-16,18-19,21,28-30,38H,5-12,17,20,35H2,1-4H3/t21?,28?,29-,30+/m0/s1. The van der Waals surface area contributed by atoms with E-state index in [0.717, 1.165) is 50.2 Å². The average molecular weight is 558 g/mol. The van der Waals surface area contributed by atoms with Crippen LogP contribution in [0.2, 0.25) is 0 Å². The highest BCUT2D eigenvalue weighted by molar-refractivity contribution is 6.00. The van der Waals surface area contributed by atoms with Gasteiger partial charge in [0.1, 0.15) is 11.6 Å². The first-order chi connectivity index (χ1) is 19.0. The second-order valence-corrected chi connectivity index (χ2v) is 11.5. The van der Waals surface area contributed by atoms with Gasteiger partial charge in [0, 0.05) is 48.9 Å². The molecule has 40 heavy (non-hydrogen) atoms. The van der Waals surface area contributed by atoms with E-state index in [9.17, 15) is 23.5 Å². The number of nitrogens with two attached hydrogens (primary N) is 1. The van der Waals surface area contributed by atoms with Gasteiger partial charge in [-0.15, -0.1) is 0 Å². The summed E-state index contributed by atoms with van der Waals surface area (Å²) in [6.07, 6.45) is 4.21. The molecule has 3 rings (SSSR count). The van der Waals surface area contributed by atoms with Gasteiger partial charge in [0.05, 0.1) is 6.10 Å². The highest BCUT2D eigenvalue weighted by atomic mass is 19.1. The Hall–Kier alpha value is -2.84. The molecule has 3 N–H and O–H groups in total. The fourth-order valence-electron chi connectivity index (χ4n) is 5.66. The van der Waals surface area contributed by atoms with E-state index in [1.54, 1.807) is 17.0 Å². The summed E-state index contributed by atoms with van der Waals surface area (Å²) in [5.41, 5.74) is 8.32. The molecule has 2 amide bonds. The molecule has 1 aliphatic carbocycles. The van der Waals surface area contributed by atoms with Crippen molar-refractivity contribution < 1.29 is 23.5 Å². The lowest BCUT2D eigenvalue weighted by Crippen LogP contribution is -2.51. The maximum atomic E-state index is 14.0. The van der Waals surface area contributed by atoms with E-state index in [1.165, 1.54) is 12.1 Å². The van der Waals surface area contributed by atoms with Gasteiger partial charge in [-0.05, 0) is 99.2 Å². The highest BCUT2D eigenvalue weighted by Gasteiger charge is 2.32. The molecule has 1 fully saturated rings. The molecule has 8 heteroatoms. The highest BCUT2D eigenvalue weighted by Crippen LogP contribution is 2.29. The van der Waals surface area contributed by atoms with Crippen LogP contribution in [-0.4, -0.2) is 64.5 Å². The molecule has 0 heterocycles. The summed E-state index contributed by atoms with van der Waals surface area (Å²) in [5, 5.41) is 11.1. The summed E-state index contributed by atoms with van der Waals surface area (Å²) in [6, 6.07) is 7.55. The van der Waals surface area contributed by atoms with Crippen molar-refractivity contribution in [2.45, 2.75) is 90.8 Å². The molecule has 0 aromatic heterocycles. The summed E-state index contributed by atoms with van der Waals surface area (Å²) >= 11 is 0. The molecule has 220 valence electrons. The van der Waals surface area contributed by atoms with Gasteiger partial charge in [-0.1, -0.05) is 20.8 Å². The van der Waals surface area contributed by atoms with Gasteiger partial charge in [0.2, 0.25) is 0 Å². The summed E-state index contributed by atoms with van der Waals surface area (Å²) in [4.78, 5) is 30.9. The molecular formula is C32H45F2N3O3. The maximum Gasteiger partial charge on any atom is 0.254 e. The SMILES string of the molecule is CCCN(CCC)C(=O)c1cc(C)cc(C(=O)N(C[C@@H](O)[C@@H](N)Cc2cc(F)cc(F)c2)C2CCC(C)CC2)c1. The zero-order valence-corrected chi connectivity index (χ0v) is 24.3. The van der Waals surface area contributed by atoms with Gasteiger partial charge < -0.3 is 20.6 Å². The van der Waals surface area contributed by atoms with Crippen molar-refractivity contribution in [1.82, 2.24) is 9.80 Å². The van der Waals surface area contributed by atoms with Crippen molar-refractivity contribution in [2.75, 3.05) is 19.6 Å². The van der Waals surface area contributed by atoms with Crippen molar-refractivity contribution in [2.24, 2.45) is 11.7 Å². The molecule has 2 aromatic carbocycles. The van der Waals surface area contributed by atoms with Crippen LogP contribution in [0.4, 0.5) is 8.78 Å². The number of carbonyl (C=O) groups excluding carboxylic acids is 2. The molecule has 1 saturated carbocycles. The molecule has 1 aliphatic rings. The summed E-state index contributed by atoms with van der Waals surface area (Å²) < 4.78 is 27.4. The van der Waals surface area contributed by atoms with Crippen LogP contribution in [0.5, 0.6) is 0 Å². The van der Waals surface area contributed by atoms with Crippen LogP contribution in [0.1, 0.15) is 91.1 Å². The van der Waals surface area contributed by atoms with Crippen LogP contribution in [0.3, 0.4) is 0 Å². The summed E-state index contributed by atoms with van der Waals surface area (Å²) in [7, 11) is 0. The molecule has 2 atom stereocenters. The first-order valence-corrected chi connectivity index (χ1v) is 14.6. The van der Waals surface area contributed by atoms with Crippen LogP contribution < -0.4 is 5.73 Å². The minimum Gasteiger partial charge on any atom is -0.390 e. The second-order valence-electron chi connectivity index (χ2n) is 11.5. The van der Waals surface area contributed by atoms with Crippen molar-refractivity contribution in [3.63, 3.8) is 0 Å². The largest absolute Gasteiger partial charge is 0.390 e. The molecular weight excluding hydrogens is 512 g/mol. The third-order valence-corrected chi connectivity index (χ3v) is 7.80. The summed E-state index contributed by atoms with van der Waals surface area (Å²) in [6.45, 7) is 9.42. The Bertz CT molecular complexity index is 1120. The van der Waals surface area contributed by atoms with Gasteiger partial charge in [0.15, 0.2) is 0 Å². The number of hydrogen-bond acceptors (Lipinski definition) is 4. The van der Waals surface area contributed by atoms with E-state index in [2.05, 4.69) is 6.92 Å². The van der Waals surface area contributed by atoms with E-state index in [4.69, 9.17) is 5.73 Å². The predicted molar refractivity (Wildman–Crippen MR) is 154 cm³/mol. The van der Waals surface area contributed by atoms with E-state index in [0.29, 0.717) is 35.7 Å². The Kier molecular flexibility index (Phi) is 11.6. The van der Waals surface area contributed by atoms with Gasteiger partial charge in [-0.25, -0.2) is 8.78 Å². The lowest BCUT2D eigenvalue weighted by Gasteiger charge is -2.38. The normalized spacial score (nSPS) is 18.7. The Labute approximate surface area is 237 Å². The predicted octanol–water partition coefficient (Wildman–Crippen LogP) is 5.49. The molecule has 0 spiro atoms. The Morgan fingerprint density at radius 3 is 2.02 bits per heavy atom. The first-order valence-electron chi connectivity index (χ1n) is 14.6. The van der Waals surface area contributed by atoms with E-state index in [-0.39, 0.29) is 30.8 Å². The number of halogens is 2. The van der Waals surface area contributed by atoms with Crippen LogP contribution in [0.25, 0.3) is 0 Å². The molecule has 0 aliphatic heterocycles. The monoisotopic (exact) mass is 557 g/mol. The van der Waals surface area contributed by atoms with Gasteiger partial charge in [0.25, 0.3) is 11.8 Å². The van der Waals surface area contributed by atoms with Crippen LogP contribution in [0, 0.1) is 24.5 Å². The molecule has 0 saturated heterocycles. The minimum atomic E-state index is -1.11. The van der Waals surface area contributed by atoms with Crippen LogP contribution >= 0.6 is 0 Å². The Balaban J connectivity index is 1.86. The maximum absolute atomic E-state index is 14.0. The topological polar surface area (TPSA) is 86.9 Å². The molecule has 2 aromatic rings. The number of aliphatic hydroxyl groups is 1. The molecule has 0 unspecified atom stereocenters. The number of aliphatic hydroxyl groups excluding tert-OH is 1. The van der Waals surface area contributed by atoms with Gasteiger partial charge in [-0.2, -0.15) is 0 Å². The Morgan fingerprint density at radius 1 is 0.925 bits per heavy atom. The van der Waals surface area contributed by atoms with Crippen LogP contribution in [0.15, 0.2) is 36.4 Å². The Morgan fingerprint density at radius 2 is 1.48 bits per heavy atom. The van der Waals surface area contributed by atoms with Crippen molar-refractivity contribution in [3.8, 4) is 0 Å². The fraction of sp³-hybridized carbons (Fsp3) is 0.562. The van der Waals surface area contributed by atoms with Crippen molar-refractivity contribution >= 4 is 11.8 Å². The zero-order chi connectivity index (χ0) is 29.4. The quantitative estimate of drug-likeness (QED) is 0.362.